The normalized spacial score (nSPS) is 19.3. The van der Waals surface area contributed by atoms with Gasteiger partial charge in [-0.25, -0.2) is 9.59 Å². The third kappa shape index (κ3) is 25.8. The van der Waals surface area contributed by atoms with Crippen molar-refractivity contribution in [2.75, 3.05) is 41.4 Å². The summed E-state index contributed by atoms with van der Waals surface area (Å²) in [4.78, 5) is 99.6. The van der Waals surface area contributed by atoms with Gasteiger partial charge < -0.3 is 48.1 Å². The molecule has 2 N–H and O–H groups in total. The maximum absolute atomic E-state index is 15.8. The largest absolute Gasteiger partial charge is 0.507 e. The number of carbonyl (C=O) groups excluding carboxylic acids is 6. The second kappa shape index (κ2) is 40.7. The Labute approximate surface area is 804 Å². The summed E-state index contributed by atoms with van der Waals surface area (Å²) in [5.74, 6) is -0.950. The van der Waals surface area contributed by atoms with Gasteiger partial charge in [-0.3, -0.25) is 38.8 Å². The van der Waals surface area contributed by atoms with Crippen LogP contribution in [0, 0.1) is 10.8 Å². The molecule has 6 aromatic rings. The first-order valence-electron chi connectivity index (χ1n) is 49.4. The number of hydrogen-bond donors (Lipinski definition) is 2. The minimum Gasteiger partial charge on any atom is -0.507 e. The number of phenolic OH excluding ortho intramolecular Hbond substituents is 2. The molecule has 134 heavy (non-hydrogen) atoms. The number of unbranched alkanes of at least 4 members (excludes halogenated alkanes) is 6. The summed E-state index contributed by atoms with van der Waals surface area (Å²) in [6.45, 7) is 60.4. The van der Waals surface area contributed by atoms with E-state index in [0.29, 0.717) is 137 Å². The smallest absolute Gasteiger partial charge is 0.343 e. The first kappa shape index (κ1) is 107. The molecule has 4 heterocycles. The Morgan fingerprint density at radius 2 is 0.515 bits per heavy atom. The Balaban J connectivity index is 0.719. The molecule has 0 aliphatic carbocycles. The Morgan fingerprint density at radius 1 is 0.306 bits per heavy atom. The SMILES string of the molecule is CN1C(C)(C)CC(OC(=O)C(CCCCCCOc2ccc(OC(=O)c3ccc(-c4ccc(C(=O)Oc5ccc(OCCCCCCC(Cc6cc(C(C)(C)C)c(O)c(C(C)(C)C)c6)(C(=O)OC6CC(C)(C)N(C)C(C)(C)C6)C(=O)OC6CC(C)(C)N(C)C(C)(C)C6)cc5)cc4)cc3)cc2)(Cc2cc(C(C)(C)C)c(O)c(C(C)(C)C)c2)C(=O)OC2CC(C)(C)N(C)C(C)(C)C2)CC1(C)C. The van der Waals surface area contributed by atoms with Crippen LogP contribution >= 0.6 is 0 Å². The van der Waals surface area contributed by atoms with Gasteiger partial charge in [-0.15, -0.1) is 0 Å². The summed E-state index contributed by atoms with van der Waals surface area (Å²) >= 11 is 0. The summed E-state index contributed by atoms with van der Waals surface area (Å²) < 4.78 is 51.2. The lowest BCUT2D eigenvalue weighted by Crippen LogP contribution is -2.61. The van der Waals surface area contributed by atoms with Gasteiger partial charge in [0, 0.05) is 95.7 Å². The van der Waals surface area contributed by atoms with E-state index in [9.17, 15) is 19.8 Å². The van der Waals surface area contributed by atoms with Gasteiger partial charge in [-0.1, -0.05) is 170 Å². The quantitative estimate of drug-likeness (QED) is 0.0128. The van der Waals surface area contributed by atoms with E-state index >= 15 is 19.2 Å². The number of aromatic hydroxyl groups is 2. The average Bonchev–Trinajstić information content (AvgIpc) is 0.769. The van der Waals surface area contributed by atoms with Crippen LogP contribution < -0.4 is 18.9 Å². The highest BCUT2D eigenvalue weighted by molar-refractivity contribution is 6.02. The van der Waals surface area contributed by atoms with Crippen molar-refractivity contribution in [1.29, 1.82) is 0 Å². The monoisotopic (exact) mass is 1850 g/mol. The fraction of sp³-hybridized carbons (Fsp3) is 0.632. The standard InChI is InChI=1S/C114H166N4O16/c1-101(2,3)89-61-75(62-90(93(89)119)102(4,5)6)65-113(97(123)131-85-67-105(13,14)115(29)106(15,16)68-85,98(124)132-86-69-107(17,18)116(30)108(19,20)70-86)57-37-33-35-39-59-127-81-49-53-83(54-50-81)129-95(121)79-45-41-77(42-46-79)78-43-47-80(48-44-78)96(122)130-84-55-51-82(52-56-84)128-60-40-36-34-38-58-114(99(125)133-87-71-109(21,22)117(31)110(23,24)72-87,100(126)134-88-73-111(25,26)118(32)112(27,28)74-88)66-76-63-91(103(7,8)9)94(120)92(64-76)104(10,11)12/h41-56,61-64,85-88,119-120H,33-40,57-60,65-74H2,1-32H3. The van der Waals surface area contributed by atoms with E-state index in [2.05, 4.69) is 242 Å². The van der Waals surface area contributed by atoms with E-state index in [-0.39, 0.29) is 81.5 Å². The molecule has 4 aliphatic rings. The van der Waals surface area contributed by atoms with Crippen LogP contribution in [0.25, 0.3) is 11.1 Å². The summed E-state index contributed by atoms with van der Waals surface area (Å²) in [7, 11) is 8.48. The predicted octanol–water partition coefficient (Wildman–Crippen LogP) is 24.3. The van der Waals surface area contributed by atoms with E-state index < -0.39 is 92.7 Å². The number of ether oxygens (including phenoxy) is 8. The lowest BCUT2D eigenvalue weighted by Gasteiger charge is -2.53. The highest BCUT2D eigenvalue weighted by Gasteiger charge is 2.57. The lowest BCUT2D eigenvalue weighted by atomic mass is 9.73. The van der Waals surface area contributed by atoms with Crippen LogP contribution in [0.1, 0.15) is 364 Å². The molecule has 4 fully saturated rings. The first-order chi connectivity index (χ1) is 61.7. The van der Waals surface area contributed by atoms with Crippen LogP contribution in [0.4, 0.5) is 0 Å². The molecule has 0 aromatic heterocycles. The number of esters is 6. The molecular formula is C114H166N4O16. The van der Waals surface area contributed by atoms with Crippen molar-refractivity contribution >= 4 is 35.8 Å². The highest BCUT2D eigenvalue weighted by atomic mass is 16.6. The molecule has 0 unspecified atom stereocenters. The van der Waals surface area contributed by atoms with Crippen molar-refractivity contribution in [2.24, 2.45) is 10.8 Å². The summed E-state index contributed by atoms with van der Waals surface area (Å²) in [6, 6.07) is 35.9. The number of likely N-dealkylation sites (tertiary alicyclic amines) is 4. The van der Waals surface area contributed by atoms with Crippen LogP contribution in [-0.2, 0) is 72.6 Å². The molecule has 0 radical (unpaired) electrons. The second-order valence-corrected chi connectivity index (χ2v) is 49.0. The van der Waals surface area contributed by atoms with Crippen LogP contribution in [0.5, 0.6) is 34.5 Å². The Morgan fingerprint density at radius 3 is 0.731 bits per heavy atom. The van der Waals surface area contributed by atoms with Crippen molar-refractivity contribution in [3.05, 3.63) is 166 Å². The van der Waals surface area contributed by atoms with Gasteiger partial charge in [-0.2, -0.15) is 0 Å². The molecule has 4 aliphatic heterocycles. The molecule has 6 aromatic carbocycles. The van der Waals surface area contributed by atoms with Gasteiger partial charge in [0.1, 0.15) is 58.9 Å². The molecule has 0 bridgehead atoms. The highest BCUT2D eigenvalue weighted by Crippen LogP contribution is 2.50. The van der Waals surface area contributed by atoms with Crippen LogP contribution in [0.3, 0.4) is 0 Å². The van der Waals surface area contributed by atoms with E-state index in [1.807, 2.05) is 48.5 Å². The summed E-state index contributed by atoms with van der Waals surface area (Å²) in [5.41, 5.74) is -0.718. The number of rotatable bonds is 33. The zero-order valence-electron chi connectivity index (χ0n) is 87.8. The maximum Gasteiger partial charge on any atom is 0.343 e. The van der Waals surface area contributed by atoms with Gasteiger partial charge in [-0.05, 0) is 316 Å². The zero-order chi connectivity index (χ0) is 99.7. The predicted molar refractivity (Wildman–Crippen MR) is 535 cm³/mol. The minimum absolute atomic E-state index is 0.0402. The number of piperidine rings is 4. The number of hydrogen-bond acceptors (Lipinski definition) is 20. The molecule has 0 amide bonds. The van der Waals surface area contributed by atoms with Crippen LogP contribution in [0.2, 0.25) is 0 Å². The molecular weight excluding hydrogens is 1680 g/mol. The molecule has 20 heteroatoms. The van der Waals surface area contributed by atoms with E-state index in [0.717, 1.165) is 57.3 Å². The lowest BCUT2D eigenvalue weighted by molar-refractivity contribution is -0.190. The van der Waals surface area contributed by atoms with Crippen molar-refractivity contribution in [3.63, 3.8) is 0 Å². The Kier molecular flexibility index (Phi) is 32.6. The van der Waals surface area contributed by atoms with E-state index in [4.69, 9.17) is 37.9 Å². The Hall–Kier alpha value is -8.82. The fourth-order valence-corrected chi connectivity index (χ4v) is 21.4. The average molecular weight is 1850 g/mol. The topological polar surface area (TPSA) is 230 Å². The first-order valence-corrected chi connectivity index (χ1v) is 49.4. The fourth-order valence-electron chi connectivity index (χ4n) is 21.4. The molecule has 10 rings (SSSR count). The van der Waals surface area contributed by atoms with Gasteiger partial charge in [0.15, 0.2) is 10.8 Å². The third-order valence-electron chi connectivity index (χ3n) is 30.5. The Bertz CT molecular complexity index is 4510. The van der Waals surface area contributed by atoms with Gasteiger partial charge >= 0.3 is 35.8 Å². The van der Waals surface area contributed by atoms with Gasteiger partial charge in [0.25, 0.3) is 0 Å². The van der Waals surface area contributed by atoms with Gasteiger partial charge in [0.2, 0.25) is 0 Å². The number of nitrogens with zero attached hydrogens (tertiary/aromatic N) is 4. The third-order valence-corrected chi connectivity index (χ3v) is 30.5. The minimum atomic E-state index is -1.71. The molecule has 4 saturated heterocycles. The molecule has 738 valence electrons. The van der Waals surface area contributed by atoms with Crippen molar-refractivity contribution < 1.29 is 76.9 Å². The second-order valence-electron chi connectivity index (χ2n) is 49.0. The van der Waals surface area contributed by atoms with Crippen LogP contribution in [0.15, 0.2) is 121 Å². The van der Waals surface area contributed by atoms with Crippen molar-refractivity contribution in [1.82, 2.24) is 19.6 Å². The van der Waals surface area contributed by atoms with E-state index in [1.165, 1.54) is 0 Å². The molecule has 0 saturated carbocycles. The number of phenols is 2. The maximum atomic E-state index is 15.8. The molecule has 20 nitrogen and oxygen atoms in total. The van der Waals surface area contributed by atoms with E-state index in [1.54, 1.807) is 72.8 Å². The summed E-state index contributed by atoms with van der Waals surface area (Å²) in [5, 5.41) is 23.8. The van der Waals surface area contributed by atoms with Gasteiger partial charge in [0.05, 0.1) is 24.3 Å². The zero-order valence-corrected chi connectivity index (χ0v) is 87.8. The number of benzene rings is 6. The molecule has 0 spiro atoms. The van der Waals surface area contributed by atoms with Crippen molar-refractivity contribution in [2.45, 2.75) is 413 Å². The molecule has 0 atom stereocenters. The number of carbonyl (C=O) groups is 6. The van der Waals surface area contributed by atoms with Crippen molar-refractivity contribution in [3.8, 4) is 45.6 Å². The van der Waals surface area contributed by atoms with Crippen LogP contribution in [-0.4, -0.2) is 176 Å². The summed E-state index contributed by atoms with van der Waals surface area (Å²) in [6.07, 6.45) is 8.82.